The summed E-state index contributed by atoms with van der Waals surface area (Å²) in [6.07, 6.45) is 0. The maximum absolute atomic E-state index is 7.90. The van der Waals surface area contributed by atoms with Gasteiger partial charge in [0.15, 0.2) is 0 Å². The molecule has 1 aliphatic rings. The van der Waals surface area contributed by atoms with Crippen LogP contribution < -0.4 is 5.73 Å². The van der Waals surface area contributed by atoms with Crippen LogP contribution in [0, 0.1) is 5.41 Å². The third-order valence-electron chi connectivity index (χ3n) is 2.60. The Bertz CT molecular complexity index is 464. The molecule has 0 saturated carbocycles. The summed E-state index contributed by atoms with van der Waals surface area (Å²) in [5.41, 5.74) is 8.88. The number of aliphatic imine (C=N–C) groups is 1. The maximum atomic E-state index is 7.90. The van der Waals surface area contributed by atoms with E-state index in [1.54, 1.807) is 0 Å². The van der Waals surface area contributed by atoms with Crippen molar-refractivity contribution in [1.29, 1.82) is 5.41 Å². The fourth-order valence-corrected chi connectivity index (χ4v) is 1.83. The van der Waals surface area contributed by atoms with E-state index in [9.17, 15) is 0 Å². The third kappa shape index (κ3) is 1.44. The molecule has 78 valence electrons. The summed E-state index contributed by atoms with van der Waals surface area (Å²) in [4.78, 5) is 4.18. The molecule has 2 rings (SSSR count). The van der Waals surface area contributed by atoms with Gasteiger partial charge in [-0.2, -0.15) is 0 Å². The molecule has 0 saturated heterocycles. The van der Waals surface area contributed by atoms with Gasteiger partial charge in [-0.1, -0.05) is 32.9 Å². The molecule has 0 radical (unpaired) electrons. The summed E-state index contributed by atoms with van der Waals surface area (Å²) in [5.74, 6) is 0.321. The predicted molar refractivity (Wildman–Crippen MR) is 63.3 cm³/mol. The average Bonchev–Trinajstić information content (AvgIpc) is 2.41. The molecule has 0 aliphatic carbocycles. The molecule has 3 nitrogen and oxygen atoms in total. The van der Waals surface area contributed by atoms with Crippen molar-refractivity contribution >= 4 is 17.2 Å². The Morgan fingerprint density at radius 1 is 1.27 bits per heavy atom. The number of benzene rings is 1. The van der Waals surface area contributed by atoms with Gasteiger partial charge in [-0.05, 0) is 17.0 Å². The quantitative estimate of drug-likeness (QED) is 0.665. The summed E-state index contributed by atoms with van der Waals surface area (Å²) in [5, 5.41) is 7.90. The smallest absolute Gasteiger partial charge is 0.150 e. The largest absolute Gasteiger partial charge is 0.382 e. The Hall–Kier alpha value is -1.64. The van der Waals surface area contributed by atoms with E-state index in [1.165, 1.54) is 0 Å². The highest BCUT2D eigenvalue weighted by Crippen LogP contribution is 2.34. The van der Waals surface area contributed by atoms with Gasteiger partial charge in [0.25, 0.3) is 0 Å². The highest BCUT2D eigenvalue weighted by molar-refractivity contribution is 6.50. The van der Waals surface area contributed by atoms with Crippen molar-refractivity contribution in [2.75, 3.05) is 0 Å². The van der Waals surface area contributed by atoms with E-state index in [4.69, 9.17) is 11.1 Å². The zero-order chi connectivity index (χ0) is 11.2. The predicted octanol–water partition coefficient (Wildman–Crippen LogP) is 2.35. The lowest BCUT2D eigenvalue weighted by Gasteiger charge is -2.22. The Labute approximate surface area is 89.5 Å². The molecule has 0 atom stereocenters. The van der Waals surface area contributed by atoms with Crippen LogP contribution in [-0.2, 0) is 5.41 Å². The SMILES string of the molecule is CC(C)(C)c1cccc2c1C(=N)C(N)=N2. The zero-order valence-electron chi connectivity index (χ0n) is 9.26. The number of fused-ring (bicyclic) bond motifs is 1. The second-order valence-electron chi connectivity index (χ2n) is 4.82. The van der Waals surface area contributed by atoms with Crippen molar-refractivity contribution in [3.8, 4) is 0 Å². The molecule has 15 heavy (non-hydrogen) atoms. The fraction of sp³-hybridized carbons (Fsp3) is 0.333. The number of amidine groups is 1. The normalized spacial score (nSPS) is 15.1. The minimum Gasteiger partial charge on any atom is -0.382 e. The van der Waals surface area contributed by atoms with Gasteiger partial charge >= 0.3 is 0 Å². The molecule has 0 bridgehead atoms. The van der Waals surface area contributed by atoms with E-state index < -0.39 is 0 Å². The zero-order valence-corrected chi connectivity index (χ0v) is 9.26. The first kappa shape index (κ1) is 9.90. The Balaban J connectivity index is 2.67. The van der Waals surface area contributed by atoms with Crippen LogP contribution in [0.15, 0.2) is 23.2 Å². The summed E-state index contributed by atoms with van der Waals surface area (Å²) in [6, 6.07) is 5.91. The van der Waals surface area contributed by atoms with Crippen LogP contribution in [0.1, 0.15) is 31.9 Å². The molecule has 0 fully saturated rings. The second kappa shape index (κ2) is 2.92. The first-order valence-electron chi connectivity index (χ1n) is 4.98. The van der Waals surface area contributed by atoms with Gasteiger partial charge in [-0.3, -0.25) is 5.41 Å². The summed E-state index contributed by atoms with van der Waals surface area (Å²) in [6.45, 7) is 6.39. The molecule has 0 spiro atoms. The van der Waals surface area contributed by atoms with Crippen LogP contribution in [-0.4, -0.2) is 11.5 Å². The van der Waals surface area contributed by atoms with Crippen LogP contribution in [0.3, 0.4) is 0 Å². The molecule has 3 N–H and O–H groups in total. The first-order chi connectivity index (χ1) is 6.91. The molecule has 0 amide bonds. The lowest BCUT2D eigenvalue weighted by molar-refractivity contribution is 0.589. The summed E-state index contributed by atoms with van der Waals surface area (Å²) in [7, 11) is 0. The molecule has 1 aromatic carbocycles. The number of hydrogen-bond acceptors (Lipinski definition) is 3. The van der Waals surface area contributed by atoms with Crippen LogP contribution in [0.4, 0.5) is 5.69 Å². The molecule has 1 aliphatic heterocycles. The number of nitrogens with zero attached hydrogens (tertiary/aromatic N) is 1. The lowest BCUT2D eigenvalue weighted by atomic mass is 9.82. The molecule has 1 aromatic rings. The first-order valence-corrected chi connectivity index (χ1v) is 4.98. The number of nitrogens with one attached hydrogen (secondary N) is 1. The fourth-order valence-electron chi connectivity index (χ4n) is 1.83. The average molecular weight is 201 g/mol. The van der Waals surface area contributed by atoms with Crippen LogP contribution >= 0.6 is 0 Å². The van der Waals surface area contributed by atoms with Gasteiger partial charge in [-0.25, -0.2) is 4.99 Å². The van der Waals surface area contributed by atoms with Crippen molar-refractivity contribution in [2.24, 2.45) is 10.7 Å². The maximum Gasteiger partial charge on any atom is 0.150 e. The van der Waals surface area contributed by atoms with E-state index in [-0.39, 0.29) is 5.41 Å². The minimum atomic E-state index is 0.0117. The van der Waals surface area contributed by atoms with Gasteiger partial charge < -0.3 is 5.73 Å². The molecule has 0 unspecified atom stereocenters. The van der Waals surface area contributed by atoms with Crippen molar-refractivity contribution in [3.05, 3.63) is 29.3 Å². The van der Waals surface area contributed by atoms with E-state index in [1.807, 2.05) is 18.2 Å². The number of nitrogens with two attached hydrogens (primary N) is 1. The monoisotopic (exact) mass is 201 g/mol. The van der Waals surface area contributed by atoms with Gasteiger partial charge in [0, 0.05) is 5.56 Å². The van der Waals surface area contributed by atoms with E-state index >= 15 is 0 Å². The highest BCUT2D eigenvalue weighted by Gasteiger charge is 2.27. The highest BCUT2D eigenvalue weighted by atomic mass is 14.9. The summed E-state index contributed by atoms with van der Waals surface area (Å²) >= 11 is 0. The lowest BCUT2D eigenvalue weighted by Crippen LogP contribution is -2.23. The number of rotatable bonds is 0. The van der Waals surface area contributed by atoms with Crippen LogP contribution in [0.2, 0.25) is 0 Å². The van der Waals surface area contributed by atoms with Crippen molar-refractivity contribution in [2.45, 2.75) is 26.2 Å². The van der Waals surface area contributed by atoms with Crippen molar-refractivity contribution < 1.29 is 0 Å². The van der Waals surface area contributed by atoms with E-state index in [2.05, 4.69) is 25.8 Å². The molecule has 0 aromatic heterocycles. The molecular formula is C12H15N3. The molecule has 3 heteroatoms. The Morgan fingerprint density at radius 2 is 1.93 bits per heavy atom. The van der Waals surface area contributed by atoms with Crippen LogP contribution in [0.5, 0.6) is 0 Å². The van der Waals surface area contributed by atoms with Crippen LogP contribution in [0.25, 0.3) is 0 Å². The number of hydrogen-bond donors (Lipinski definition) is 2. The second-order valence-corrected chi connectivity index (χ2v) is 4.82. The van der Waals surface area contributed by atoms with Crippen molar-refractivity contribution in [1.82, 2.24) is 0 Å². The summed E-state index contributed by atoms with van der Waals surface area (Å²) < 4.78 is 0. The Morgan fingerprint density at radius 3 is 2.53 bits per heavy atom. The van der Waals surface area contributed by atoms with Gasteiger partial charge in [0.05, 0.1) is 5.69 Å². The van der Waals surface area contributed by atoms with Gasteiger partial charge in [0.1, 0.15) is 11.5 Å². The van der Waals surface area contributed by atoms with E-state index in [0.29, 0.717) is 11.5 Å². The van der Waals surface area contributed by atoms with Crippen molar-refractivity contribution in [3.63, 3.8) is 0 Å². The minimum absolute atomic E-state index is 0.0117. The third-order valence-corrected chi connectivity index (χ3v) is 2.60. The molecular weight excluding hydrogens is 186 g/mol. The van der Waals surface area contributed by atoms with Gasteiger partial charge in [-0.15, -0.1) is 0 Å². The Kier molecular flexibility index (Phi) is 1.93. The van der Waals surface area contributed by atoms with E-state index in [0.717, 1.165) is 16.8 Å². The molecule has 1 heterocycles. The standard InChI is InChI=1S/C12H15N3/c1-12(2,3)7-5-4-6-8-9(7)10(13)11(14)15-8/h4-6H,1-3H3,(H3,13,14,15). The topological polar surface area (TPSA) is 62.2 Å². The van der Waals surface area contributed by atoms with Gasteiger partial charge in [0.2, 0.25) is 0 Å².